The van der Waals surface area contributed by atoms with E-state index in [0.717, 1.165) is 38.0 Å². The van der Waals surface area contributed by atoms with Crippen molar-refractivity contribution in [3.05, 3.63) is 58.0 Å². The minimum atomic E-state index is -0.194. The average Bonchev–Trinajstić information content (AvgIpc) is 3.01. The van der Waals surface area contributed by atoms with Gasteiger partial charge >= 0.3 is 0 Å². The van der Waals surface area contributed by atoms with Crippen molar-refractivity contribution in [1.82, 2.24) is 4.90 Å². The highest BCUT2D eigenvalue weighted by Gasteiger charge is 2.19. The van der Waals surface area contributed by atoms with Gasteiger partial charge in [-0.3, -0.25) is 4.90 Å². The highest BCUT2D eigenvalue weighted by Crippen LogP contribution is 2.19. The summed E-state index contributed by atoms with van der Waals surface area (Å²) in [5.74, 6) is -0.194. The zero-order valence-corrected chi connectivity index (χ0v) is 12.8. The van der Waals surface area contributed by atoms with Gasteiger partial charge in [0.1, 0.15) is 5.82 Å². The maximum absolute atomic E-state index is 12.8. The van der Waals surface area contributed by atoms with E-state index in [9.17, 15) is 4.39 Å². The summed E-state index contributed by atoms with van der Waals surface area (Å²) < 4.78 is 18.8. The second kappa shape index (κ2) is 7.16. The number of rotatable bonds is 5. The summed E-state index contributed by atoms with van der Waals surface area (Å²) in [6, 6.07) is 10.9. The van der Waals surface area contributed by atoms with Gasteiger partial charge in [0.15, 0.2) is 0 Å². The lowest BCUT2D eigenvalue weighted by molar-refractivity contribution is -0.00378. The fourth-order valence-electron chi connectivity index (χ4n) is 2.65. The Morgan fingerprint density at radius 1 is 1.14 bits per heavy atom. The fraction of sp³-hybridized carbons (Fsp3) is 0.412. The van der Waals surface area contributed by atoms with Crippen LogP contribution in [0.4, 0.5) is 4.39 Å². The van der Waals surface area contributed by atoms with Crippen LogP contribution in [0.25, 0.3) is 0 Å². The minimum absolute atomic E-state index is 0.194. The van der Waals surface area contributed by atoms with Crippen LogP contribution in [-0.4, -0.2) is 24.1 Å². The number of benzene rings is 1. The van der Waals surface area contributed by atoms with Crippen LogP contribution in [0.3, 0.4) is 0 Å². The molecule has 0 N–H and O–H groups in total. The average molecular weight is 305 g/mol. The normalized spacial score (nSPS) is 17.2. The molecule has 0 radical (unpaired) electrons. The Labute approximate surface area is 129 Å². The number of likely N-dealkylation sites (tertiary alicyclic amines) is 1. The summed E-state index contributed by atoms with van der Waals surface area (Å²) in [4.78, 5) is 3.92. The number of hydrogen-bond acceptors (Lipinski definition) is 3. The van der Waals surface area contributed by atoms with Gasteiger partial charge in [0.05, 0.1) is 12.7 Å². The third-order valence-corrected chi connectivity index (χ3v) is 4.75. The molecule has 0 amide bonds. The molecular weight excluding hydrogens is 285 g/mol. The first-order chi connectivity index (χ1) is 10.3. The van der Waals surface area contributed by atoms with Crippen LogP contribution in [0.5, 0.6) is 0 Å². The lowest BCUT2D eigenvalue weighted by Crippen LogP contribution is -2.36. The summed E-state index contributed by atoms with van der Waals surface area (Å²) in [6.45, 7) is 3.82. The maximum atomic E-state index is 12.8. The van der Waals surface area contributed by atoms with Crippen LogP contribution in [0.15, 0.2) is 41.8 Å². The lowest BCUT2D eigenvalue weighted by Gasteiger charge is -2.31. The van der Waals surface area contributed by atoms with E-state index >= 15 is 0 Å². The Morgan fingerprint density at radius 3 is 2.57 bits per heavy atom. The van der Waals surface area contributed by atoms with Gasteiger partial charge in [0.2, 0.25) is 0 Å². The number of ether oxygens (including phenoxy) is 1. The molecule has 0 spiro atoms. The largest absolute Gasteiger partial charge is 0.373 e. The Bertz CT molecular complexity index is 532. The van der Waals surface area contributed by atoms with E-state index in [1.807, 2.05) is 11.3 Å². The van der Waals surface area contributed by atoms with Crippen molar-refractivity contribution in [2.45, 2.75) is 32.1 Å². The third-order valence-electron chi connectivity index (χ3n) is 3.89. The molecule has 21 heavy (non-hydrogen) atoms. The Balaban J connectivity index is 1.40. The zero-order valence-electron chi connectivity index (χ0n) is 12.0. The summed E-state index contributed by atoms with van der Waals surface area (Å²) in [5, 5.41) is 2.13. The van der Waals surface area contributed by atoms with Crippen molar-refractivity contribution in [2.75, 3.05) is 13.1 Å². The molecule has 2 aromatic rings. The molecule has 0 bridgehead atoms. The Kier molecular flexibility index (Phi) is 5.01. The third kappa shape index (κ3) is 4.37. The molecule has 112 valence electrons. The molecule has 1 aliphatic rings. The van der Waals surface area contributed by atoms with E-state index in [0.29, 0.717) is 12.7 Å². The molecule has 0 saturated carbocycles. The lowest BCUT2D eigenvalue weighted by atomic mass is 10.1. The van der Waals surface area contributed by atoms with Crippen LogP contribution in [-0.2, 0) is 17.9 Å². The van der Waals surface area contributed by atoms with E-state index in [2.05, 4.69) is 22.4 Å². The van der Waals surface area contributed by atoms with Crippen LogP contribution in [0.1, 0.15) is 23.3 Å². The molecule has 1 aliphatic heterocycles. The van der Waals surface area contributed by atoms with Crippen molar-refractivity contribution in [1.29, 1.82) is 0 Å². The predicted octanol–water partition coefficient (Wildman–Crippen LogP) is 4.07. The van der Waals surface area contributed by atoms with Crippen LogP contribution in [0.2, 0.25) is 0 Å². The van der Waals surface area contributed by atoms with Crippen molar-refractivity contribution in [3.63, 3.8) is 0 Å². The van der Waals surface area contributed by atoms with Gasteiger partial charge in [-0.15, -0.1) is 11.3 Å². The SMILES string of the molecule is Fc1ccc(COC2CCN(Cc3cccs3)CC2)cc1. The molecule has 2 nitrogen and oxygen atoms in total. The van der Waals surface area contributed by atoms with Gasteiger partial charge in [-0.05, 0) is 42.0 Å². The number of hydrogen-bond donors (Lipinski definition) is 0. The van der Waals surface area contributed by atoms with Gasteiger partial charge in [0, 0.05) is 24.5 Å². The maximum Gasteiger partial charge on any atom is 0.123 e. The van der Waals surface area contributed by atoms with Crippen molar-refractivity contribution in [2.24, 2.45) is 0 Å². The fourth-order valence-corrected chi connectivity index (χ4v) is 3.40. The smallest absolute Gasteiger partial charge is 0.123 e. The van der Waals surface area contributed by atoms with Crippen molar-refractivity contribution >= 4 is 11.3 Å². The van der Waals surface area contributed by atoms with Crippen molar-refractivity contribution < 1.29 is 9.13 Å². The van der Waals surface area contributed by atoms with Gasteiger partial charge in [-0.1, -0.05) is 18.2 Å². The van der Waals surface area contributed by atoms with E-state index in [4.69, 9.17) is 4.74 Å². The second-order valence-corrected chi connectivity index (χ2v) is 6.52. The predicted molar refractivity (Wildman–Crippen MR) is 83.8 cm³/mol. The minimum Gasteiger partial charge on any atom is -0.373 e. The Morgan fingerprint density at radius 2 is 1.90 bits per heavy atom. The number of nitrogens with zero attached hydrogens (tertiary/aromatic N) is 1. The van der Waals surface area contributed by atoms with E-state index in [-0.39, 0.29) is 5.82 Å². The number of halogens is 1. The molecule has 3 rings (SSSR count). The summed E-state index contributed by atoms with van der Waals surface area (Å²) in [6.07, 6.45) is 2.48. The highest BCUT2D eigenvalue weighted by molar-refractivity contribution is 7.09. The molecule has 2 heterocycles. The van der Waals surface area contributed by atoms with Gasteiger partial charge in [0.25, 0.3) is 0 Å². The first kappa shape index (κ1) is 14.7. The molecule has 1 aromatic heterocycles. The van der Waals surface area contributed by atoms with Gasteiger partial charge in [-0.25, -0.2) is 4.39 Å². The molecule has 0 atom stereocenters. The quantitative estimate of drug-likeness (QED) is 0.825. The molecule has 0 aliphatic carbocycles. The number of piperidine rings is 1. The standard InChI is InChI=1S/C17H20FNOS/c18-15-5-3-14(4-6-15)13-20-16-7-9-19(10-8-16)12-17-2-1-11-21-17/h1-6,11,16H,7-10,12-13H2. The van der Waals surface area contributed by atoms with Crippen molar-refractivity contribution in [3.8, 4) is 0 Å². The molecule has 4 heteroatoms. The van der Waals surface area contributed by atoms with Gasteiger partial charge in [-0.2, -0.15) is 0 Å². The van der Waals surface area contributed by atoms with E-state index in [1.165, 1.54) is 17.0 Å². The molecule has 1 aromatic carbocycles. The van der Waals surface area contributed by atoms with Crippen LogP contribution >= 0.6 is 11.3 Å². The highest BCUT2D eigenvalue weighted by atomic mass is 32.1. The topological polar surface area (TPSA) is 12.5 Å². The van der Waals surface area contributed by atoms with E-state index < -0.39 is 0 Å². The van der Waals surface area contributed by atoms with E-state index in [1.54, 1.807) is 12.1 Å². The van der Waals surface area contributed by atoms with Gasteiger partial charge < -0.3 is 4.74 Å². The second-order valence-electron chi connectivity index (χ2n) is 5.49. The zero-order chi connectivity index (χ0) is 14.5. The summed E-state index contributed by atoms with van der Waals surface area (Å²) in [5.41, 5.74) is 1.04. The molecule has 0 unspecified atom stereocenters. The van der Waals surface area contributed by atoms with Crippen LogP contribution < -0.4 is 0 Å². The first-order valence-electron chi connectivity index (χ1n) is 7.40. The Hall–Kier alpha value is -1.23. The summed E-state index contributed by atoms with van der Waals surface area (Å²) in [7, 11) is 0. The monoisotopic (exact) mass is 305 g/mol. The molecular formula is C17H20FNOS. The summed E-state index contributed by atoms with van der Waals surface area (Å²) >= 11 is 1.82. The molecule has 1 saturated heterocycles. The van der Waals surface area contributed by atoms with Crippen LogP contribution in [0, 0.1) is 5.82 Å². The number of thiophene rings is 1. The molecule has 1 fully saturated rings. The first-order valence-corrected chi connectivity index (χ1v) is 8.28.